The Bertz CT molecular complexity index is 392. The van der Waals surface area contributed by atoms with E-state index in [0.29, 0.717) is 11.8 Å². The minimum atomic E-state index is 0.712. The number of benzene rings is 1. The highest BCUT2D eigenvalue weighted by Gasteiger charge is 2.14. The van der Waals surface area contributed by atoms with Crippen molar-refractivity contribution in [2.75, 3.05) is 0 Å². The number of hydrogen-bond donors (Lipinski definition) is 0. The molecule has 0 amide bonds. The highest BCUT2D eigenvalue weighted by Crippen LogP contribution is 2.32. The Labute approximate surface area is 165 Å². The molecule has 0 aliphatic heterocycles. The van der Waals surface area contributed by atoms with E-state index in [1.807, 2.05) is 0 Å². The average Bonchev–Trinajstić information content (AvgIpc) is 2.67. The van der Waals surface area contributed by atoms with E-state index in [-0.39, 0.29) is 0 Å². The lowest BCUT2D eigenvalue weighted by atomic mass is 9.84. The van der Waals surface area contributed by atoms with E-state index < -0.39 is 0 Å². The normalized spacial score (nSPS) is 13.7. The van der Waals surface area contributed by atoms with Crippen LogP contribution in [0.2, 0.25) is 0 Å². The first-order valence-corrected chi connectivity index (χ1v) is 11.8. The van der Waals surface area contributed by atoms with Gasteiger partial charge >= 0.3 is 0 Å². The van der Waals surface area contributed by atoms with Crippen LogP contribution in [0.5, 0.6) is 0 Å². The summed E-state index contributed by atoms with van der Waals surface area (Å²) >= 11 is 0. The van der Waals surface area contributed by atoms with Crippen LogP contribution in [0, 0.1) is 0 Å². The van der Waals surface area contributed by atoms with Gasteiger partial charge in [0.2, 0.25) is 0 Å². The standard InChI is InChI=1S/C26H46/c1-5-7-9-11-13-15-19-23(3)25-21-17-18-22-26(25)24(4)20-16-14-12-10-8-6-2/h17-18,21-24H,5-16,19-20H2,1-4H3. The topological polar surface area (TPSA) is 0 Å². The van der Waals surface area contributed by atoms with Crippen LogP contribution in [0.1, 0.15) is 141 Å². The molecule has 1 rings (SSSR count). The van der Waals surface area contributed by atoms with Crippen molar-refractivity contribution >= 4 is 0 Å². The van der Waals surface area contributed by atoms with Gasteiger partial charge in [-0.05, 0) is 35.8 Å². The van der Waals surface area contributed by atoms with Gasteiger partial charge in [-0.1, -0.05) is 129 Å². The molecule has 0 spiro atoms. The summed E-state index contributed by atoms with van der Waals surface area (Å²) in [7, 11) is 0. The van der Waals surface area contributed by atoms with Crippen molar-refractivity contribution in [1.29, 1.82) is 0 Å². The van der Waals surface area contributed by atoms with Crippen molar-refractivity contribution in [3.8, 4) is 0 Å². The van der Waals surface area contributed by atoms with Crippen molar-refractivity contribution in [3.63, 3.8) is 0 Å². The third-order valence-electron chi connectivity index (χ3n) is 6.04. The largest absolute Gasteiger partial charge is 0.0654 e. The van der Waals surface area contributed by atoms with Crippen LogP contribution in [-0.2, 0) is 0 Å². The summed E-state index contributed by atoms with van der Waals surface area (Å²) in [5.41, 5.74) is 3.25. The van der Waals surface area contributed by atoms with Gasteiger partial charge in [0.05, 0.1) is 0 Å². The lowest BCUT2D eigenvalue weighted by Gasteiger charge is -2.21. The predicted molar refractivity (Wildman–Crippen MR) is 119 cm³/mol. The van der Waals surface area contributed by atoms with E-state index in [4.69, 9.17) is 0 Å². The van der Waals surface area contributed by atoms with Gasteiger partial charge in [0.1, 0.15) is 0 Å². The summed E-state index contributed by atoms with van der Waals surface area (Å²) in [6.07, 6.45) is 19.6. The molecule has 26 heavy (non-hydrogen) atoms. The quantitative estimate of drug-likeness (QED) is 0.258. The van der Waals surface area contributed by atoms with Crippen LogP contribution < -0.4 is 0 Å². The first-order valence-electron chi connectivity index (χ1n) is 11.8. The van der Waals surface area contributed by atoms with E-state index in [9.17, 15) is 0 Å². The molecule has 0 saturated carbocycles. The van der Waals surface area contributed by atoms with Crippen molar-refractivity contribution in [1.82, 2.24) is 0 Å². The maximum Gasteiger partial charge on any atom is -0.0188 e. The summed E-state index contributed by atoms with van der Waals surface area (Å²) in [6, 6.07) is 9.28. The fourth-order valence-electron chi connectivity index (χ4n) is 4.18. The molecule has 1 aromatic carbocycles. The maximum atomic E-state index is 2.45. The summed E-state index contributed by atoms with van der Waals surface area (Å²) in [5, 5.41) is 0. The number of hydrogen-bond acceptors (Lipinski definition) is 0. The molecule has 0 radical (unpaired) electrons. The lowest BCUT2D eigenvalue weighted by Crippen LogP contribution is -2.03. The Hall–Kier alpha value is -0.780. The van der Waals surface area contributed by atoms with E-state index in [1.54, 1.807) is 11.1 Å². The van der Waals surface area contributed by atoms with E-state index in [2.05, 4.69) is 52.0 Å². The van der Waals surface area contributed by atoms with E-state index in [0.717, 1.165) is 0 Å². The number of unbranched alkanes of at least 4 members (excludes halogenated alkanes) is 10. The van der Waals surface area contributed by atoms with Crippen molar-refractivity contribution in [3.05, 3.63) is 35.4 Å². The zero-order valence-electron chi connectivity index (χ0n) is 18.4. The number of rotatable bonds is 16. The van der Waals surface area contributed by atoms with Gasteiger partial charge < -0.3 is 0 Å². The zero-order chi connectivity index (χ0) is 19.0. The van der Waals surface area contributed by atoms with Gasteiger partial charge in [0.15, 0.2) is 0 Å². The van der Waals surface area contributed by atoms with Crippen LogP contribution in [0.25, 0.3) is 0 Å². The van der Waals surface area contributed by atoms with Gasteiger partial charge in [-0.2, -0.15) is 0 Å². The molecular weight excluding hydrogens is 312 g/mol. The minimum Gasteiger partial charge on any atom is -0.0654 e. The third kappa shape index (κ3) is 9.79. The average molecular weight is 359 g/mol. The molecule has 1 aromatic rings. The Morgan fingerprint density at radius 2 is 0.885 bits per heavy atom. The highest BCUT2D eigenvalue weighted by atomic mass is 14.2. The molecule has 0 aliphatic carbocycles. The molecule has 0 nitrogen and oxygen atoms in total. The van der Waals surface area contributed by atoms with Crippen LogP contribution in [0.3, 0.4) is 0 Å². The lowest BCUT2D eigenvalue weighted by molar-refractivity contribution is 0.539. The van der Waals surface area contributed by atoms with Gasteiger partial charge in [-0.25, -0.2) is 0 Å². The molecule has 2 atom stereocenters. The van der Waals surface area contributed by atoms with Gasteiger partial charge in [-0.3, -0.25) is 0 Å². The fraction of sp³-hybridized carbons (Fsp3) is 0.769. The summed E-state index contributed by atoms with van der Waals surface area (Å²) < 4.78 is 0. The first-order chi connectivity index (χ1) is 12.7. The zero-order valence-corrected chi connectivity index (χ0v) is 18.4. The Morgan fingerprint density at radius 1 is 0.538 bits per heavy atom. The molecule has 0 fully saturated rings. The Morgan fingerprint density at radius 3 is 1.27 bits per heavy atom. The van der Waals surface area contributed by atoms with Crippen molar-refractivity contribution < 1.29 is 0 Å². The van der Waals surface area contributed by atoms with Crippen molar-refractivity contribution in [2.24, 2.45) is 0 Å². The fourth-order valence-corrected chi connectivity index (χ4v) is 4.18. The van der Waals surface area contributed by atoms with Gasteiger partial charge in [0.25, 0.3) is 0 Å². The molecule has 0 saturated heterocycles. The van der Waals surface area contributed by atoms with Crippen LogP contribution in [0.15, 0.2) is 24.3 Å². The minimum absolute atomic E-state index is 0.712. The maximum absolute atomic E-state index is 2.45. The summed E-state index contributed by atoms with van der Waals surface area (Å²) in [6.45, 7) is 9.49. The van der Waals surface area contributed by atoms with Gasteiger partial charge in [-0.15, -0.1) is 0 Å². The molecule has 0 aliphatic rings. The predicted octanol–water partition coefficient (Wildman–Crippen LogP) is 9.39. The second kappa shape index (κ2) is 15.3. The summed E-state index contributed by atoms with van der Waals surface area (Å²) in [4.78, 5) is 0. The summed E-state index contributed by atoms with van der Waals surface area (Å²) in [5.74, 6) is 1.42. The highest BCUT2D eigenvalue weighted by molar-refractivity contribution is 5.32. The first kappa shape index (κ1) is 23.3. The smallest absolute Gasteiger partial charge is 0.0188 e. The molecule has 0 heteroatoms. The second-order valence-corrected chi connectivity index (χ2v) is 8.54. The molecular formula is C26H46. The third-order valence-corrected chi connectivity index (χ3v) is 6.04. The van der Waals surface area contributed by atoms with E-state index in [1.165, 1.54) is 89.9 Å². The molecule has 0 heterocycles. The Kier molecular flexibility index (Phi) is 13.7. The van der Waals surface area contributed by atoms with Crippen LogP contribution in [0.4, 0.5) is 0 Å². The molecule has 0 aromatic heterocycles. The molecule has 0 bridgehead atoms. The second-order valence-electron chi connectivity index (χ2n) is 8.54. The van der Waals surface area contributed by atoms with Crippen LogP contribution >= 0.6 is 0 Å². The van der Waals surface area contributed by atoms with Gasteiger partial charge in [0, 0.05) is 0 Å². The monoisotopic (exact) mass is 358 g/mol. The molecule has 2 unspecified atom stereocenters. The van der Waals surface area contributed by atoms with E-state index >= 15 is 0 Å². The Balaban J connectivity index is 2.39. The SMILES string of the molecule is CCCCCCCCC(C)c1ccccc1C(C)CCCCCCCC. The van der Waals surface area contributed by atoms with Crippen molar-refractivity contribution in [2.45, 2.75) is 129 Å². The molecule has 150 valence electrons. The van der Waals surface area contributed by atoms with Crippen LogP contribution in [-0.4, -0.2) is 0 Å². The molecule has 0 N–H and O–H groups in total.